The Labute approximate surface area is 446 Å². The zero-order valence-electron chi connectivity index (χ0n) is 41.5. The minimum absolute atomic E-state index is 0.489. The Bertz CT molecular complexity index is 4360. The van der Waals surface area contributed by atoms with E-state index in [2.05, 4.69) is 290 Å². The summed E-state index contributed by atoms with van der Waals surface area (Å²) in [4.78, 5) is 2.61. The maximum Gasteiger partial charge on any atom is 0.0726 e. The first-order valence-corrected chi connectivity index (χ1v) is 27.2. The number of hydrogen-bond acceptors (Lipinski definition) is 2. The van der Waals surface area contributed by atoms with Crippen molar-refractivity contribution in [3.05, 3.63) is 330 Å². The molecule has 0 saturated carbocycles. The zero-order valence-corrected chi connectivity index (χ0v) is 42.3. The number of nitrogens with zero attached hydrogens (tertiary/aromatic N) is 1. The van der Waals surface area contributed by atoms with Crippen molar-refractivity contribution >= 4 is 48.6 Å². The molecule has 0 fully saturated rings. The van der Waals surface area contributed by atoms with Crippen LogP contribution in [0.15, 0.2) is 285 Å². The molecule has 0 bridgehead atoms. The number of rotatable bonds is 7. The summed E-state index contributed by atoms with van der Waals surface area (Å²) in [6.45, 7) is 0. The van der Waals surface area contributed by atoms with Crippen LogP contribution in [-0.2, 0) is 10.8 Å². The highest BCUT2D eigenvalue weighted by atomic mass is 32.1. The second-order valence-corrected chi connectivity index (χ2v) is 21.6. The second-order valence-electron chi connectivity index (χ2n) is 20.5. The fourth-order valence-corrected chi connectivity index (χ4v) is 15.3. The Balaban J connectivity index is 1.02. The molecule has 354 valence electrons. The summed E-state index contributed by atoms with van der Waals surface area (Å²) >= 11 is 1.88. The van der Waals surface area contributed by atoms with Crippen molar-refractivity contribution in [1.82, 2.24) is 0 Å². The Morgan fingerprint density at radius 3 is 1.25 bits per heavy atom. The van der Waals surface area contributed by atoms with Gasteiger partial charge in [0.05, 0.1) is 22.2 Å². The molecule has 0 aliphatic heterocycles. The highest BCUT2D eigenvalue weighted by molar-refractivity contribution is 7.26. The Morgan fingerprint density at radius 1 is 0.263 bits per heavy atom. The van der Waals surface area contributed by atoms with Gasteiger partial charge in [-0.3, -0.25) is 0 Å². The van der Waals surface area contributed by atoms with Crippen molar-refractivity contribution in [1.29, 1.82) is 0 Å². The van der Waals surface area contributed by atoms with Gasteiger partial charge in [0.2, 0.25) is 0 Å². The van der Waals surface area contributed by atoms with E-state index in [9.17, 15) is 0 Å². The molecule has 0 radical (unpaired) electrons. The average Bonchev–Trinajstić information content (AvgIpc) is 4.30. The van der Waals surface area contributed by atoms with Gasteiger partial charge in [-0.05, 0) is 131 Å². The van der Waals surface area contributed by atoms with E-state index in [0.29, 0.717) is 0 Å². The first-order valence-electron chi connectivity index (χ1n) is 26.4. The summed E-state index contributed by atoms with van der Waals surface area (Å²) < 4.78 is 2.56. The molecule has 1 nitrogen and oxygen atoms in total. The molecular formula is C74H47NS. The van der Waals surface area contributed by atoms with Crippen LogP contribution >= 0.6 is 11.3 Å². The highest BCUT2D eigenvalue weighted by Crippen LogP contribution is 2.66. The SMILES string of the molecule is c1ccc(-c2ccccc2C2(c3ccccc3-c3ccccc3)c3ccccc3-c3cc(N(c4cccc5c4-c4ccccc4C54c5ccccc5-c5ccccc54)c4cccc5sc6ccccc6c45)ccc32)cc1. The summed E-state index contributed by atoms with van der Waals surface area (Å²) in [6, 6.07) is 107. The number of anilines is 3. The van der Waals surface area contributed by atoms with Gasteiger partial charge in [-0.2, -0.15) is 0 Å². The van der Waals surface area contributed by atoms with Crippen molar-refractivity contribution in [2.75, 3.05) is 4.90 Å². The Morgan fingerprint density at radius 2 is 0.658 bits per heavy atom. The third kappa shape index (κ3) is 5.79. The molecule has 0 amide bonds. The largest absolute Gasteiger partial charge is 0.309 e. The Kier molecular flexibility index (Phi) is 9.40. The minimum Gasteiger partial charge on any atom is -0.309 e. The highest BCUT2D eigenvalue weighted by Gasteiger charge is 2.53. The lowest BCUT2D eigenvalue weighted by molar-refractivity contribution is 0.772. The van der Waals surface area contributed by atoms with Crippen LogP contribution in [0.4, 0.5) is 17.1 Å². The fourth-order valence-electron chi connectivity index (χ4n) is 14.2. The van der Waals surface area contributed by atoms with Gasteiger partial charge >= 0.3 is 0 Å². The van der Waals surface area contributed by atoms with E-state index in [1.54, 1.807) is 0 Å². The van der Waals surface area contributed by atoms with E-state index in [1.165, 1.54) is 120 Å². The molecule has 13 aromatic rings. The van der Waals surface area contributed by atoms with Crippen molar-refractivity contribution in [2.24, 2.45) is 0 Å². The average molecular weight is 982 g/mol. The van der Waals surface area contributed by atoms with E-state index in [-0.39, 0.29) is 0 Å². The topological polar surface area (TPSA) is 3.24 Å². The lowest BCUT2D eigenvalue weighted by Gasteiger charge is -2.37. The lowest BCUT2D eigenvalue weighted by Crippen LogP contribution is -2.30. The molecule has 3 aliphatic rings. The molecule has 0 saturated heterocycles. The van der Waals surface area contributed by atoms with Crippen LogP contribution in [0.25, 0.3) is 75.8 Å². The Hall–Kier alpha value is -9.34. The van der Waals surface area contributed by atoms with Gasteiger partial charge < -0.3 is 4.90 Å². The normalized spacial score (nSPS) is 13.7. The molecule has 0 unspecified atom stereocenters. The first-order chi connectivity index (χ1) is 37.7. The molecule has 1 aromatic heterocycles. The third-order valence-electron chi connectivity index (χ3n) is 17.0. The van der Waals surface area contributed by atoms with E-state index >= 15 is 0 Å². The van der Waals surface area contributed by atoms with E-state index < -0.39 is 10.8 Å². The molecule has 16 rings (SSSR count). The van der Waals surface area contributed by atoms with Gasteiger partial charge in [0, 0.05) is 31.4 Å². The molecule has 0 N–H and O–H groups in total. The molecule has 1 spiro atoms. The number of benzene rings is 12. The quantitative estimate of drug-likeness (QED) is 0.154. The fraction of sp³-hybridized carbons (Fsp3) is 0.0270. The molecule has 0 atom stereocenters. The van der Waals surface area contributed by atoms with Gasteiger partial charge in [0.25, 0.3) is 0 Å². The number of thiophene rings is 1. The predicted octanol–water partition coefficient (Wildman–Crippen LogP) is 19.6. The number of hydrogen-bond donors (Lipinski definition) is 0. The lowest BCUT2D eigenvalue weighted by atomic mass is 9.64. The van der Waals surface area contributed by atoms with Crippen LogP contribution in [-0.4, -0.2) is 0 Å². The standard InChI is InChI=1S/C74H47NS/c1-3-23-48(24-4-1)51-27-7-14-34-59(51)73(60-35-15-8-28-52(60)49-25-5-2-6-26-49)63-38-18-11-31-55(63)58-47-50(45-46-65(58)73)75(68-42-22-44-70-72(68)57-33-13-20-43-69(57)76-70)67-41-21-40-66-71(67)56-32-12-19-39-64(56)74(66)61-36-16-9-29-53(61)54-30-10-17-37-62(54)74/h1-47H. The van der Waals surface area contributed by atoms with Crippen LogP contribution < -0.4 is 4.90 Å². The summed E-state index contributed by atoms with van der Waals surface area (Å²) in [6.07, 6.45) is 0. The monoisotopic (exact) mass is 981 g/mol. The third-order valence-corrected chi connectivity index (χ3v) is 18.1. The van der Waals surface area contributed by atoms with Crippen molar-refractivity contribution in [3.63, 3.8) is 0 Å². The summed E-state index contributed by atoms with van der Waals surface area (Å²) in [7, 11) is 0. The zero-order chi connectivity index (χ0) is 50.0. The summed E-state index contributed by atoms with van der Waals surface area (Å²) in [5.74, 6) is 0. The van der Waals surface area contributed by atoms with E-state index in [4.69, 9.17) is 0 Å². The van der Waals surface area contributed by atoms with Crippen LogP contribution in [0.2, 0.25) is 0 Å². The van der Waals surface area contributed by atoms with Crippen molar-refractivity contribution < 1.29 is 0 Å². The molecular weight excluding hydrogens is 935 g/mol. The molecule has 12 aromatic carbocycles. The summed E-state index contributed by atoms with van der Waals surface area (Å²) in [5.41, 5.74) is 25.1. The maximum absolute atomic E-state index is 2.61. The maximum atomic E-state index is 2.61. The van der Waals surface area contributed by atoms with Gasteiger partial charge in [0.15, 0.2) is 0 Å². The smallest absolute Gasteiger partial charge is 0.0726 e. The van der Waals surface area contributed by atoms with Crippen LogP contribution in [0.3, 0.4) is 0 Å². The van der Waals surface area contributed by atoms with Gasteiger partial charge in [0.1, 0.15) is 0 Å². The second kappa shape index (κ2) is 16.6. The van der Waals surface area contributed by atoms with Crippen LogP contribution in [0.5, 0.6) is 0 Å². The summed E-state index contributed by atoms with van der Waals surface area (Å²) in [5, 5.41) is 2.54. The van der Waals surface area contributed by atoms with E-state index in [1.807, 2.05) is 11.3 Å². The molecule has 1 heterocycles. The first kappa shape index (κ1) is 43.1. The molecule has 76 heavy (non-hydrogen) atoms. The van der Waals surface area contributed by atoms with Crippen LogP contribution in [0, 0.1) is 0 Å². The van der Waals surface area contributed by atoms with Crippen molar-refractivity contribution in [2.45, 2.75) is 10.8 Å². The van der Waals surface area contributed by atoms with Gasteiger partial charge in [-0.15, -0.1) is 11.3 Å². The predicted molar refractivity (Wildman–Crippen MR) is 318 cm³/mol. The minimum atomic E-state index is -0.694. The number of fused-ring (bicyclic) bond motifs is 16. The van der Waals surface area contributed by atoms with Gasteiger partial charge in [-0.1, -0.05) is 249 Å². The molecule has 3 aliphatic carbocycles. The van der Waals surface area contributed by atoms with Crippen LogP contribution in [0.1, 0.15) is 44.5 Å². The molecule has 2 heteroatoms. The van der Waals surface area contributed by atoms with Crippen molar-refractivity contribution in [3.8, 4) is 55.6 Å². The van der Waals surface area contributed by atoms with Gasteiger partial charge in [-0.25, -0.2) is 0 Å². The van der Waals surface area contributed by atoms with E-state index in [0.717, 1.165) is 17.1 Å².